The predicted octanol–water partition coefficient (Wildman–Crippen LogP) is 4.38. The second-order valence-electron chi connectivity index (χ2n) is 7.71. The third kappa shape index (κ3) is 3.82. The molecule has 32 heavy (non-hydrogen) atoms. The van der Waals surface area contributed by atoms with Crippen LogP contribution in [0.25, 0.3) is 11.3 Å². The zero-order valence-electron chi connectivity index (χ0n) is 18.0. The van der Waals surface area contributed by atoms with Crippen LogP contribution in [0, 0.1) is 5.92 Å². The van der Waals surface area contributed by atoms with Crippen LogP contribution in [0.2, 0.25) is 0 Å². The Morgan fingerprint density at radius 2 is 1.84 bits per heavy atom. The van der Waals surface area contributed by atoms with Crippen molar-refractivity contribution in [1.82, 2.24) is 5.16 Å². The molecule has 1 fully saturated rings. The summed E-state index contributed by atoms with van der Waals surface area (Å²) in [6.45, 7) is 1.98. The molecule has 1 aliphatic heterocycles. The number of para-hydroxylation sites is 1. The summed E-state index contributed by atoms with van der Waals surface area (Å²) in [4.78, 5) is 40.7. The van der Waals surface area contributed by atoms with Gasteiger partial charge in [0.2, 0.25) is 5.78 Å². The number of unbranched alkanes of at least 4 members (excludes halogenated alkanes) is 1. The van der Waals surface area contributed by atoms with Crippen LogP contribution in [0.4, 0.5) is 5.69 Å². The van der Waals surface area contributed by atoms with Gasteiger partial charge in [0.05, 0.1) is 13.2 Å². The van der Waals surface area contributed by atoms with Gasteiger partial charge in [-0.05, 0) is 24.6 Å². The summed E-state index contributed by atoms with van der Waals surface area (Å²) in [7, 11) is 1.53. The molecule has 1 aliphatic rings. The number of carbonyl (C=O) groups excluding carboxylic acids is 3. The van der Waals surface area contributed by atoms with E-state index in [9.17, 15) is 14.4 Å². The molecule has 2 heterocycles. The Hall–Kier alpha value is -3.74. The fourth-order valence-corrected chi connectivity index (χ4v) is 4.16. The maximum absolute atomic E-state index is 13.1. The molecule has 1 aromatic heterocycles. The van der Waals surface area contributed by atoms with E-state index in [1.165, 1.54) is 18.3 Å². The van der Waals surface area contributed by atoms with E-state index in [1.807, 2.05) is 19.1 Å². The lowest BCUT2D eigenvalue weighted by molar-refractivity contribution is -0.139. The molecule has 0 radical (unpaired) electrons. The number of aromatic nitrogens is 1. The molecular weight excluding hydrogens is 408 g/mol. The van der Waals surface area contributed by atoms with Gasteiger partial charge in [-0.3, -0.25) is 19.3 Å². The van der Waals surface area contributed by atoms with Gasteiger partial charge < -0.3 is 9.26 Å². The molecule has 0 N–H and O–H groups in total. The summed E-state index contributed by atoms with van der Waals surface area (Å²) in [5.74, 6) is -2.13. The number of amides is 1. The van der Waals surface area contributed by atoms with Crippen molar-refractivity contribution in [3.05, 3.63) is 66.4 Å². The van der Waals surface area contributed by atoms with Crippen molar-refractivity contribution in [2.75, 3.05) is 12.0 Å². The quantitative estimate of drug-likeness (QED) is 0.388. The van der Waals surface area contributed by atoms with Crippen molar-refractivity contribution in [1.29, 1.82) is 0 Å². The number of nitrogens with zero attached hydrogens (tertiary/aromatic N) is 2. The summed E-state index contributed by atoms with van der Waals surface area (Å²) in [5.41, 5.74) is 2.63. The molecule has 0 bridgehead atoms. The fraction of sp³-hybridized carbons (Fsp3) is 0.280. The summed E-state index contributed by atoms with van der Waals surface area (Å²) in [6.07, 6.45) is 3.23. The first-order chi connectivity index (χ1) is 15.6. The number of benzene rings is 2. The van der Waals surface area contributed by atoms with Crippen molar-refractivity contribution in [3.63, 3.8) is 0 Å². The number of hydrogen-bond donors (Lipinski definition) is 0. The lowest BCUT2D eigenvalue weighted by atomic mass is 9.86. The number of ether oxygens (including phenoxy) is 1. The third-order valence-electron chi connectivity index (χ3n) is 5.77. The van der Waals surface area contributed by atoms with Crippen molar-refractivity contribution < 1.29 is 23.6 Å². The van der Waals surface area contributed by atoms with E-state index >= 15 is 0 Å². The summed E-state index contributed by atoms with van der Waals surface area (Å²) in [5, 5.41) is 3.92. The average Bonchev–Trinajstić information content (AvgIpc) is 3.45. The van der Waals surface area contributed by atoms with Gasteiger partial charge in [0.15, 0.2) is 0 Å². The molecule has 2 unspecified atom stereocenters. The molecule has 3 aromatic rings. The highest BCUT2D eigenvalue weighted by atomic mass is 16.5. The van der Waals surface area contributed by atoms with Gasteiger partial charge in [-0.1, -0.05) is 48.8 Å². The second kappa shape index (κ2) is 9.18. The van der Waals surface area contributed by atoms with E-state index in [0.717, 1.165) is 12.0 Å². The molecule has 7 heteroatoms. The summed E-state index contributed by atoms with van der Waals surface area (Å²) >= 11 is 0. The van der Waals surface area contributed by atoms with Gasteiger partial charge >= 0.3 is 0 Å². The minimum atomic E-state index is -1.07. The third-order valence-corrected chi connectivity index (χ3v) is 5.77. The zero-order valence-corrected chi connectivity index (χ0v) is 18.0. The smallest absolute Gasteiger partial charge is 0.295 e. The van der Waals surface area contributed by atoms with E-state index < -0.39 is 23.7 Å². The molecule has 0 spiro atoms. The van der Waals surface area contributed by atoms with Gasteiger partial charge in [0.1, 0.15) is 29.4 Å². The highest BCUT2D eigenvalue weighted by Crippen LogP contribution is 2.44. The molecule has 1 amide bonds. The molecule has 7 nitrogen and oxygen atoms in total. The van der Waals surface area contributed by atoms with Crippen molar-refractivity contribution >= 4 is 23.2 Å². The minimum absolute atomic E-state index is 0.220. The van der Waals surface area contributed by atoms with Crippen LogP contribution in [0.3, 0.4) is 0 Å². The maximum Gasteiger partial charge on any atom is 0.295 e. The number of ketones is 2. The molecule has 2 aromatic carbocycles. The van der Waals surface area contributed by atoms with E-state index in [0.29, 0.717) is 29.1 Å². The largest absolute Gasteiger partial charge is 0.496 e. The van der Waals surface area contributed by atoms with Crippen molar-refractivity contribution in [2.45, 2.75) is 32.2 Å². The van der Waals surface area contributed by atoms with Crippen LogP contribution in [0.5, 0.6) is 5.75 Å². The number of rotatable bonds is 8. The molecular formula is C25H24N2O5. The first kappa shape index (κ1) is 21.5. The van der Waals surface area contributed by atoms with Gasteiger partial charge in [0, 0.05) is 29.3 Å². The van der Waals surface area contributed by atoms with E-state index in [4.69, 9.17) is 9.26 Å². The van der Waals surface area contributed by atoms with Crippen LogP contribution in [0.15, 0.2) is 65.4 Å². The Kier molecular flexibility index (Phi) is 6.16. The molecule has 0 aliphatic carbocycles. The van der Waals surface area contributed by atoms with Crippen LogP contribution >= 0.6 is 0 Å². The lowest BCUT2D eigenvalue weighted by Gasteiger charge is -2.28. The SMILES string of the molecule is CCCCC(=O)C1C(=O)C(=O)N(c2ccc(-c3ccon3)cc2)C1c1ccccc1OC. The highest BCUT2D eigenvalue weighted by molar-refractivity contribution is 6.48. The molecule has 4 rings (SSSR count). The number of methoxy groups -OCH3 is 1. The van der Waals surface area contributed by atoms with E-state index in [1.54, 1.807) is 42.5 Å². The molecule has 164 valence electrons. The Morgan fingerprint density at radius 3 is 2.50 bits per heavy atom. The monoisotopic (exact) mass is 432 g/mol. The molecule has 1 saturated heterocycles. The number of anilines is 1. The van der Waals surface area contributed by atoms with Crippen LogP contribution < -0.4 is 9.64 Å². The maximum atomic E-state index is 13.1. The lowest BCUT2D eigenvalue weighted by Crippen LogP contribution is -2.30. The van der Waals surface area contributed by atoms with Crippen LogP contribution in [0.1, 0.15) is 37.8 Å². The summed E-state index contributed by atoms with van der Waals surface area (Å²) in [6, 6.07) is 15.2. The van der Waals surface area contributed by atoms with Crippen molar-refractivity contribution in [2.24, 2.45) is 5.92 Å². The van der Waals surface area contributed by atoms with Gasteiger partial charge in [-0.2, -0.15) is 0 Å². The topological polar surface area (TPSA) is 89.7 Å². The normalized spacial score (nSPS) is 18.2. The Labute approximate surface area is 186 Å². The first-order valence-electron chi connectivity index (χ1n) is 10.6. The first-order valence-corrected chi connectivity index (χ1v) is 10.6. The van der Waals surface area contributed by atoms with E-state index in [2.05, 4.69) is 5.16 Å². The van der Waals surface area contributed by atoms with Gasteiger partial charge in [0.25, 0.3) is 5.91 Å². The highest BCUT2D eigenvalue weighted by Gasteiger charge is 2.52. The van der Waals surface area contributed by atoms with Crippen molar-refractivity contribution in [3.8, 4) is 17.0 Å². The van der Waals surface area contributed by atoms with E-state index in [-0.39, 0.29) is 12.2 Å². The average molecular weight is 432 g/mol. The number of carbonyl (C=O) groups is 3. The van der Waals surface area contributed by atoms with Crippen LogP contribution in [-0.4, -0.2) is 29.7 Å². The Balaban J connectivity index is 1.79. The Morgan fingerprint density at radius 1 is 1.09 bits per heavy atom. The fourth-order valence-electron chi connectivity index (χ4n) is 4.16. The minimum Gasteiger partial charge on any atom is -0.496 e. The number of Topliss-reactive ketones (excluding diaryl/α,β-unsaturated/α-hetero) is 2. The number of hydrogen-bond acceptors (Lipinski definition) is 6. The molecule has 2 atom stereocenters. The zero-order chi connectivity index (χ0) is 22.7. The second-order valence-corrected chi connectivity index (χ2v) is 7.71. The van der Waals surface area contributed by atoms with Gasteiger partial charge in [-0.25, -0.2) is 0 Å². The van der Waals surface area contributed by atoms with Gasteiger partial charge in [-0.15, -0.1) is 0 Å². The molecule has 0 saturated carbocycles. The van der Waals surface area contributed by atoms with Crippen LogP contribution in [-0.2, 0) is 14.4 Å². The summed E-state index contributed by atoms with van der Waals surface area (Å²) < 4.78 is 10.4. The standard InChI is InChI=1S/C25H24N2O5/c1-3-4-8-20(28)22-23(18-7-5-6-9-21(18)31-2)27(25(30)24(22)29)17-12-10-16(11-13-17)19-14-15-32-26-19/h5-7,9-15,22-23H,3-4,8H2,1-2H3. The predicted molar refractivity (Wildman–Crippen MR) is 118 cm³/mol. The Bertz CT molecular complexity index is 1120.